The summed E-state index contributed by atoms with van der Waals surface area (Å²) in [7, 11) is 0. The van der Waals surface area contributed by atoms with Crippen LogP contribution in [0.4, 0.5) is 4.79 Å². The molecular formula is C26H26N4O4. The van der Waals surface area contributed by atoms with E-state index in [0.717, 1.165) is 12.1 Å². The Morgan fingerprint density at radius 2 is 1.94 bits per heavy atom. The Labute approximate surface area is 198 Å². The third-order valence-electron chi connectivity index (χ3n) is 6.26. The molecule has 174 valence electrons. The lowest BCUT2D eigenvalue weighted by molar-refractivity contribution is 0.0551. The van der Waals surface area contributed by atoms with Crippen molar-refractivity contribution in [2.75, 3.05) is 26.2 Å². The van der Waals surface area contributed by atoms with Crippen molar-refractivity contribution in [2.45, 2.75) is 25.4 Å². The number of nitrogens with zero attached hydrogens (tertiary/aromatic N) is 4. The molecule has 1 unspecified atom stereocenters. The summed E-state index contributed by atoms with van der Waals surface area (Å²) in [6.45, 7) is 3.80. The molecule has 8 heteroatoms. The third-order valence-corrected chi connectivity index (χ3v) is 6.26. The summed E-state index contributed by atoms with van der Waals surface area (Å²) in [4.78, 5) is 37.9. The second kappa shape index (κ2) is 9.13. The number of aromatic nitrogens is 2. The zero-order valence-electron chi connectivity index (χ0n) is 19.0. The fourth-order valence-electron chi connectivity index (χ4n) is 4.44. The number of benzene rings is 1. The number of amides is 2. The Kier molecular flexibility index (Phi) is 5.88. The second-order valence-electron chi connectivity index (χ2n) is 8.78. The van der Waals surface area contributed by atoms with Crippen LogP contribution in [0.3, 0.4) is 0 Å². The van der Waals surface area contributed by atoms with Crippen LogP contribution in [0.25, 0.3) is 0 Å². The molecule has 0 bridgehead atoms. The average molecular weight is 459 g/mol. The van der Waals surface area contributed by atoms with E-state index in [1.807, 2.05) is 43.3 Å². The van der Waals surface area contributed by atoms with Crippen LogP contribution >= 0.6 is 0 Å². The van der Waals surface area contributed by atoms with Gasteiger partial charge in [-0.05, 0) is 43.2 Å². The standard InChI is InChI=1S/C26H26N4O4/c1-19-9-10-21(16-28-19)33-23-22(8-5-13-27-23)24(31)29-15-12-26(17-29)18-30(25(32)34-26)14-11-20-6-3-2-4-7-20/h2-10,13,16H,11-12,14-15,17-18H2,1H3. The van der Waals surface area contributed by atoms with Crippen LogP contribution in [0.1, 0.15) is 28.0 Å². The molecule has 2 amide bonds. The molecule has 1 spiro atoms. The van der Waals surface area contributed by atoms with Gasteiger partial charge in [0, 0.05) is 31.4 Å². The van der Waals surface area contributed by atoms with Crippen LogP contribution in [0.15, 0.2) is 67.0 Å². The fourth-order valence-corrected chi connectivity index (χ4v) is 4.44. The summed E-state index contributed by atoms with van der Waals surface area (Å²) in [5.74, 6) is 0.542. The number of hydrogen-bond donors (Lipinski definition) is 0. The molecule has 4 heterocycles. The third kappa shape index (κ3) is 4.57. The first-order chi connectivity index (χ1) is 16.5. The van der Waals surface area contributed by atoms with Gasteiger partial charge in [0.05, 0.1) is 19.3 Å². The lowest BCUT2D eigenvalue weighted by atomic mass is 10.0. The summed E-state index contributed by atoms with van der Waals surface area (Å²) < 4.78 is 11.7. The monoisotopic (exact) mass is 458 g/mol. The van der Waals surface area contributed by atoms with Crippen molar-refractivity contribution in [3.63, 3.8) is 0 Å². The maximum Gasteiger partial charge on any atom is 0.410 e. The average Bonchev–Trinajstić information content (AvgIpc) is 3.41. The normalized spacial score (nSPS) is 19.5. The minimum absolute atomic E-state index is 0.196. The van der Waals surface area contributed by atoms with Crippen molar-refractivity contribution in [1.82, 2.24) is 19.8 Å². The molecule has 0 radical (unpaired) electrons. The van der Waals surface area contributed by atoms with Crippen molar-refractivity contribution in [3.8, 4) is 11.6 Å². The summed E-state index contributed by atoms with van der Waals surface area (Å²) >= 11 is 0. The van der Waals surface area contributed by atoms with Gasteiger partial charge in [-0.15, -0.1) is 0 Å². The van der Waals surface area contributed by atoms with Gasteiger partial charge in [-0.1, -0.05) is 30.3 Å². The van der Waals surface area contributed by atoms with E-state index in [1.54, 1.807) is 40.4 Å². The van der Waals surface area contributed by atoms with Crippen molar-refractivity contribution < 1.29 is 19.1 Å². The first kappa shape index (κ1) is 21.9. The summed E-state index contributed by atoms with van der Waals surface area (Å²) in [6.07, 6.45) is 4.24. The molecule has 2 aromatic heterocycles. The minimum Gasteiger partial charge on any atom is -0.439 e. The lowest BCUT2D eigenvalue weighted by Crippen LogP contribution is -2.39. The fraction of sp³-hybridized carbons (Fsp3) is 0.308. The first-order valence-corrected chi connectivity index (χ1v) is 11.4. The van der Waals surface area contributed by atoms with Gasteiger partial charge in [0.1, 0.15) is 11.3 Å². The molecule has 0 saturated carbocycles. The van der Waals surface area contributed by atoms with Crippen LogP contribution in [-0.4, -0.2) is 63.5 Å². The van der Waals surface area contributed by atoms with Gasteiger partial charge in [0.25, 0.3) is 5.91 Å². The zero-order chi connectivity index (χ0) is 23.5. The molecule has 2 fully saturated rings. The summed E-state index contributed by atoms with van der Waals surface area (Å²) in [5, 5.41) is 0. The Bertz CT molecular complexity index is 1180. The number of ether oxygens (including phenoxy) is 2. The maximum atomic E-state index is 13.4. The van der Waals surface area contributed by atoms with Gasteiger partial charge in [0.15, 0.2) is 5.60 Å². The van der Waals surface area contributed by atoms with Gasteiger partial charge < -0.3 is 19.3 Å². The number of aryl methyl sites for hydroxylation is 1. The Morgan fingerprint density at radius 1 is 1.09 bits per heavy atom. The Balaban J connectivity index is 1.25. The molecular weight excluding hydrogens is 432 g/mol. The molecule has 8 nitrogen and oxygen atoms in total. The number of pyridine rings is 2. The van der Waals surface area contributed by atoms with Crippen LogP contribution in [0, 0.1) is 6.92 Å². The van der Waals surface area contributed by atoms with E-state index in [1.165, 1.54) is 5.56 Å². The predicted molar refractivity (Wildman–Crippen MR) is 125 cm³/mol. The number of carbonyl (C=O) groups is 2. The van der Waals surface area contributed by atoms with E-state index in [4.69, 9.17) is 9.47 Å². The van der Waals surface area contributed by atoms with Crippen molar-refractivity contribution >= 4 is 12.0 Å². The largest absolute Gasteiger partial charge is 0.439 e. The van der Waals surface area contributed by atoms with E-state index in [2.05, 4.69) is 9.97 Å². The molecule has 1 aromatic carbocycles. The number of hydrogen-bond acceptors (Lipinski definition) is 6. The van der Waals surface area contributed by atoms with Crippen LogP contribution in [-0.2, 0) is 11.2 Å². The van der Waals surface area contributed by atoms with Crippen molar-refractivity contribution in [1.29, 1.82) is 0 Å². The summed E-state index contributed by atoms with van der Waals surface area (Å²) in [5.41, 5.74) is 1.74. The highest BCUT2D eigenvalue weighted by atomic mass is 16.6. The van der Waals surface area contributed by atoms with Gasteiger partial charge >= 0.3 is 6.09 Å². The maximum absolute atomic E-state index is 13.4. The molecule has 3 aromatic rings. The molecule has 34 heavy (non-hydrogen) atoms. The van der Waals surface area contributed by atoms with E-state index < -0.39 is 5.60 Å². The molecule has 5 rings (SSSR count). The molecule has 0 N–H and O–H groups in total. The van der Waals surface area contributed by atoms with Crippen LogP contribution in [0.2, 0.25) is 0 Å². The number of likely N-dealkylation sites (tertiary alicyclic amines) is 1. The minimum atomic E-state index is -0.673. The van der Waals surface area contributed by atoms with Crippen molar-refractivity contribution in [2.24, 2.45) is 0 Å². The molecule has 2 aliphatic rings. The van der Waals surface area contributed by atoms with E-state index in [9.17, 15) is 9.59 Å². The Hall–Kier alpha value is -3.94. The van der Waals surface area contributed by atoms with Crippen LogP contribution < -0.4 is 4.74 Å². The number of carbonyl (C=O) groups excluding carboxylic acids is 2. The van der Waals surface area contributed by atoms with Gasteiger partial charge in [-0.2, -0.15) is 0 Å². The van der Waals surface area contributed by atoms with E-state index in [0.29, 0.717) is 43.9 Å². The molecule has 2 aliphatic heterocycles. The van der Waals surface area contributed by atoms with E-state index >= 15 is 0 Å². The van der Waals surface area contributed by atoms with Gasteiger partial charge in [-0.3, -0.25) is 9.78 Å². The number of rotatable bonds is 6. The van der Waals surface area contributed by atoms with Crippen molar-refractivity contribution in [3.05, 3.63) is 83.8 Å². The lowest BCUT2D eigenvalue weighted by Gasteiger charge is -2.22. The second-order valence-corrected chi connectivity index (χ2v) is 8.78. The highest BCUT2D eigenvalue weighted by Crippen LogP contribution is 2.34. The molecule has 1 atom stereocenters. The van der Waals surface area contributed by atoms with E-state index in [-0.39, 0.29) is 17.9 Å². The highest BCUT2D eigenvalue weighted by Gasteiger charge is 2.50. The first-order valence-electron chi connectivity index (χ1n) is 11.4. The smallest absolute Gasteiger partial charge is 0.410 e. The van der Waals surface area contributed by atoms with Gasteiger partial charge in [-0.25, -0.2) is 9.78 Å². The SMILES string of the molecule is Cc1ccc(Oc2ncccc2C(=O)N2CCC3(CN(CCc4ccccc4)C(=O)O3)C2)cn1. The topological polar surface area (TPSA) is 84.9 Å². The molecule has 2 saturated heterocycles. The zero-order valence-corrected chi connectivity index (χ0v) is 19.0. The van der Waals surface area contributed by atoms with Crippen LogP contribution in [0.5, 0.6) is 11.6 Å². The summed E-state index contributed by atoms with van der Waals surface area (Å²) in [6, 6.07) is 17.1. The molecule has 0 aliphatic carbocycles. The Morgan fingerprint density at radius 3 is 2.74 bits per heavy atom. The predicted octanol–water partition coefficient (Wildman–Crippen LogP) is 3.86. The quantitative estimate of drug-likeness (QED) is 0.558. The highest BCUT2D eigenvalue weighted by molar-refractivity contribution is 5.96. The van der Waals surface area contributed by atoms with Gasteiger partial charge in [0.2, 0.25) is 5.88 Å².